The fourth-order valence-electron chi connectivity index (χ4n) is 1.17. The van der Waals surface area contributed by atoms with Crippen molar-refractivity contribution in [2.24, 2.45) is 0 Å². The minimum absolute atomic E-state index is 0.0819. The molecule has 0 fully saturated rings. The van der Waals surface area contributed by atoms with Crippen molar-refractivity contribution < 1.29 is 19.2 Å². The Morgan fingerprint density at radius 1 is 0.571 bits per heavy atom. The Hall–Kier alpha value is -2.20. The summed E-state index contributed by atoms with van der Waals surface area (Å²) in [5.74, 6) is -1.47. The van der Waals surface area contributed by atoms with E-state index in [9.17, 15) is 19.2 Å². The van der Waals surface area contributed by atoms with Gasteiger partial charge in [0.1, 0.15) is 0 Å². The van der Waals surface area contributed by atoms with Gasteiger partial charge in [0.25, 0.3) is 0 Å². The van der Waals surface area contributed by atoms with Crippen molar-refractivity contribution in [2.75, 3.05) is 46.9 Å². The van der Waals surface area contributed by atoms with Gasteiger partial charge in [0, 0.05) is 0 Å². The summed E-state index contributed by atoms with van der Waals surface area (Å²) >= 11 is 0. The zero-order chi connectivity index (χ0) is 16.1. The molecule has 0 aromatic carbocycles. The molecule has 0 rings (SSSR count). The van der Waals surface area contributed by atoms with Gasteiger partial charge in [-0.3, -0.25) is 19.2 Å². The van der Waals surface area contributed by atoms with E-state index in [1.165, 1.54) is 0 Å². The lowest BCUT2D eigenvalue weighted by atomic mass is 10.5. The fourth-order valence-corrected chi connectivity index (χ4v) is 1.17. The zero-order valence-corrected chi connectivity index (χ0v) is 12.2. The largest absolute Gasteiger partial charge is 0.346 e. The van der Waals surface area contributed by atoms with Crippen molar-refractivity contribution in [1.29, 1.82) is 0 Å². The quantitative estimate of drug-likeness (QED) is 0.226. The number of amides is 4. The van der Waals surface area contributed by atoms with Crippen molar-refractivity contribution in [1.82, 2.24) is 31.9 Å². The van der Waals surface area contributed by atoms with Crippen molar-refractivity contribution >= 4 is 23.6 Å². The molecule has 0 spiro atoms. The van der Waals surface area contributed by atoms with E-state index in [2.05, 4.69) is 31.9 Å². The molecule has 120 valence electrons. The minimum Gasteiger partial charge on any atom is -0.346 e. The molecule has 0 unspecified atom stereocenters. The van der Waals surface area contributed by atoms with E-state index in [1.54, 1.807) is 14.1 Å². The summed E-state index contributed by atoms with van der Waals surface area (Å²) in [5, 5.41) is 14.8. The van der Waals surface area contributed by atoms with Crippen LogP contribution < -0.4 is 31.9 Å². The van der Waals surface area contributed by atoms with Gasteiger partial charge in [-0.2, -0.15) is 0 Å². The van der Waals surface area contributed by atoms with Crippen LogP contribution in [0.1, 0.15) is 0 Å². The maximum absolute atomic E-state index is 11.3. The van der Waals surface area contributed by atoms with Crippen LogP contribution >= 0.6 is 0 Å². The molecule has 0 aliphatic rings. The lowest BCUT2D eigenvalue weighted by Crippen LogP contribution is -2.46. The Kier molecular flexibility index (Phi) is 10.4. The third-order valence-corrected chi connectivity index (χ3v) is 2.14. The van der Waals surface area contributed by atoms with Crippen molar-refractivity contribution in [3.05, 3.63) is 0 Å². The Morgan fingerprint density at radius 2 is 0.905 bits per heavy atom. The molecular weight excluding hydrogens is 280 g/mol. The second-order valence-corrected chi connectivity index (χ2v) is 3.99. The predicted molar refractivity (Wildman–Crippen MR) is 75.0 cm³/mol. The van der Waals surface area contributed by atoms with Crippen LogP contribution in [-0.4, -0.2) is 70.6 Å². The van der Waals surface area contributed by atoms with Crippen LogP contribution in [0.5, 0.6) is 0 Å². The highest BCUT2D eigenvalue weighted by molar-refractivity contribution is 5.87. The minimum atomic E-state index is -0.432. The summed E-state index contributed by atoms with van der Waals surface area (Å²) in [5.41, 5.74) is 0. The lowest BCUT2D eigenvalue weighted by molar-refractivity contribution is -0.127. The van der Waals surface area contributed by atoms with Crippen LogP contribution in [0.2, 0.25) is 0 Å². The zero-order valence-electron chi connectivity index (χ0n) is 12.2. The molecule has 0 saturated heterocycles. The second-order valence-electron chi connectivity index (χ2n) is 3.99. The summed E-state index contributed by atoms with van der Waals surface area (Å²) in [6, 6.07) is 0. The third-order valence-electron chi connectivity index (χ3n) is 2.14. The fraction of sp³-hybridized carbons (Fsp3) is 0.636. The molecule has 0 aromatic heterocycles. The Balaban J connectivity index is 3.64. The standard InChI is InChI=1S/C11H22N6O4/c1-12-3-8(18)14-5-10(20)16-7-17-11(21)6-15-9(19)4-13-2/h12-13H,3-7H2,1-2H3,(H,14,18)(H,15,19)(H,16,20)(H,17,21). The maximum atomic E-state index is 11.3. The van der Waals surface area contributed by atoms with Gasteiger partial charge in [-0.05, 0) is 14.1 Å². The Morgan fingerprint density at radius 3 is 1.24 bits per heavy atom. The first-order chi connectivity index (χ1) is 9.99. The number of hydrogen-bond acceptors (Lipinski definition) is 6. The van der Waals surface area contributed by atoms with Gasteiger partial charge in [-0.25, -0.2) is 0 Å². The molecular formula is C11H22N6O4. The summed E-state index contributed by atoms with van der Waals surface area (Å²) in [7, 11) is 3.23. The molecule has 0 bridgehead atoms. The summed E-state index contributed by atoms with van der Waals surface area (Å²) in [6.45, 7) is -0.182. The van der Waals surface area contributed by atoms with Crippen LogP contribution in [-0.2, 0) is 19.2 Å². The number of carbonyl (C=O) groups excluding carboxylic acids is 4. The number of likely N-dealkylation sites (N-methyl/N-ethyl adjacent to an activating group) is 2. The SMILES string of the molecule is CNCC(=O)NCC(=O)NCNC(=O)CNC(=O)CNC. The average Bonchev–Trinajstić information content (AvgIpc) is 2.43. The van der Waals surface area contributed by atoms with Gasteiger partial charge in [0.15, 0.2) is 0 Å². The van der Waals surface area contributed by atoms with Gasteiger partial charge in [0.05, 0.1) is 32.8 Å². The van der Waals surface area contributed by atoms with Crippen molar-refractivity contribution in [3.8, 4) is 0 Å². The molecule has 0 aliphatic heterocycles. The molecule has 6 N–H and O–H groups in total. The molecule has 21 heavy (non-hydrogen) atoms. The van der Waals surface area contributed by atoms with Gasteiger partial charge in [-0.1, -0.05) is 0 Å². The second kappa shape index (κ2) is 11.6. The van der Waals surface area contributed by atoms with E-state index in [-0.39, 0.29) is 44.7 Å². The van der Waals surface area contributed by atoms with Gasteiger partial charge < -0.3 is 31.9 Å². The molecule has 10 heteroatoms. The third kappa shape index (κ3) is 11.3. The van der Waals surface area contributed by atoms with E-state index in [0.717, 1.165) is 0 Å². The molecule has 0 radical (unpaired) electrons. The molecule has 0 aliphatic carbocycles. The Bertz CT molecular complexity index is 340. The van der Waals surface area contributed by atoms with Crippen LogP contribution in [0.15, 0.2) is 0 Å². The van der Waals surface area contributed by atoms with Crippen LogP contribution in [0.4, 0.5) is 0 Å². The highest BCUT2D eigenvalue weighted by atomic mass is 16.2. The summed E-state index contributed by atoms with van der Waals surface area (Å²) in [6.07, 6.45) is 0. The van der Waals surface area contributed by atoms with Crippen molar-refractivity contribution in [3.63, 3.8) is 0 Å². The first-order valence-corrected chi connectivity index (χ1v) is 6.35. The smallest absolute Gasteiger partial charge is 0.240 e. The first kappa shape index (κ1) is 18.8. The van der Waals surface area contributed by atoms with E-state index in [4.69, 9.17) is 0 Å². The van der Waals surface area contributed by atoms with E-state index in [0.29, 0.717) is 0 Å². The van der Waals surface area contributed by atoms with Crippen LogP contribution in [0, 0.1) is 0 Å². The maximum Gasteiger partial charge on any atom is 0.240 e. The Labute approximate surface area is 122 Å². The number of rotatable bonds is 10. The lowest BCUT2D eigenvalue weighted by Gasteiger charge is -2.09. The predicted octanol–water partition coefficient (Wildman–Crippen LogP) is -4.15. The topological polar surface area (TPSA) is 140 Å². The molecule has 0 aromatic rings. The highest BCUT2D eigenvalue weighted by Gasteiger charge is 2.06. The normalized spacial score (nSPS) is 9.62. The number of hydrogen-bond donors (Lipinski definition) is 6. The van der Waals surface area contributed by atoms with E-state index >= 15 is 0 Å². The van der Waals surface area contributed by atoms with Crippen molar-refractivity contribution in [2.45, 2.75) is 0 Å². The molecule has 0 saturated carbocycles. The monoisotopic (exact) mass is 302 g/mol. The molecule has 0 atom stereocenters. The van der Waals surface area contributed by atoms with Gasteiger partial charge >= 0.3 is 0 Å². The number of nitrogens with one attached hydrogen (secondary N) is 6. The van der Waals surface area contributed by atoms with Gasteiger partial charge in [0.2, 0.25) is 23.6 Å². The van der Waals surface area contributed by atoms with E-state index < -0.39 is 11.8 Å². The summed E-state index contributed by atoms with van der Waals surface area (Å²) in [4.78, 5) is 44.7. The average molecular weight is 302 g/mol. The van der Waals surface area contributed by atoms with Crippen LogP contribution in [0.25, 0.3) is 0 Å². The van der Waals surface area contributed by atoms with E-state index in [1.807, 2.05) is 0 Å². The highest BCUT2D eigenvalue weighted by Crippen LogP contribution is 1.68. The summed E-state index contributed by atoms with van der Waals surface area (Å²) < 4.78 is 0. The van der Waals surface area contributed by atoms with Gasteiger partial charge in [-0.15, -0.1) is 0 Å². The molecule has 4 amide bonds. The molecule has 10 nitrogen and oxygen atoms in total. The van der Waals surface area contributed by atoms with Crippen LogP contribution in [0.3, 0.4) is 0 Å². The first-order valence-electron chi connectivity index (χ1n) is 6.35. The number of carbonyl (C=O) groups is 4. The molecule has 0 heterocycles.